The minimum atomic E-state index is -0.269. The molecule has 0 spiro atoms. The molecule has 0 N–H and O–H groups in total. The highest BCUT2D eigenvalue weighted by atomic mass is 15.6. The fourth-order valence-electron chi connectivity index (χ4n) is 1.15. The first-order valence-electron chi connectivity index (χ1n) is 3.79. The van der Waals surface area contributed by atoms with Crippen molar-refractivity contribution in [1.82, 2.24) is 10.0 Å². The molecule has 0 aromatic heterocycles. The third-order valence-corrected chi connectivity index (χ3v) is 1.63. The molecule has 12 heavy (non-hydrogen) atoms. The maximum absolute atomic E-state index is 8.67. The Hall–Kier alpha value is -1.10. The Morgan fingerprint density at radius 2 is 1.33 bits per heavy atom. The van der Waals surface area contributed by atoms with Gasteiger partial charge < -0.3 is 0 Å². The molecule has 2 atom stereocenters. The summed E-state index contributed by atoms with van der Waals surface area (Å²) in [4.78, 5) is 0. The summed E-state index contributed by atoms with van der Waals surface area (Å²) in [6.45, 7) is 3.54. The van der Waals surface area contributed by atoms with Crippen molar-refractivity contribution in [3.63, 3.8) is 0 Å². The van der Waals surface area contributed by atoms with Crippen molar-refractivity contribution in [1.29, 1.82) is 10.5 Å². The van der Waals surface area contributed by atoms with Gasteiger partial charge in [-0.2, -0.15) is 10.5 Å². The van der Waals surface area contributed by atoms with Crippen LogP contribution in [0, 0.1) is 22.7 Å². The lowest BCUT2D eigenvalue weighted by Gasteiger charge is -2.32. The zero-order valence-electron chi connectivity index (χ0n) is 7.94. The number of hydrazine groups is 1. The molecule has 0 aromatic carbocycles. The highest BCUT2D eigenvalue weighted by Crippen LogP contribution is 2.05. The number of hydrogen-bond donors (Lipinski definition) is 0. The summed E-state index contributed by atoms with van der Waals surface area (Å²) < 4.78 is 0. The average molecular weight is 166 g/mol. The molecular weight excluding hydrogens is 152 g/mol. The summed E-state index contributed by atoms with van der Waals surface area (Å²) in [6, 6.07) is 3.65. The molecule has 66 valence electrons. The third kappa shape index (κ3) is 2.50. The van der Waals surface area contributed by atoms with Crippen molar-refractivity contribution in [2.24, 2.45) is 0 Å². The van der Waals surface area contributed by atoms with Crippen LogP contribution in [0.15, 0.2) is 0 Å². The van der Waals surface area contributed by atoms with Crippen molar-refractivity contribution < 1.29 is 0 Å². The zero-order chi connectivity index (χ0) is 9.72. The van der Waals surface area contributed by atoms with Crippen molar-refractivity contribution in [2.75, 3.05) is 14.1 Å². The third-order valence-electron chi connectivity index (χ3n) is 1.63. The van der Waals surface area contributed by atoms with E-state index in [-0.39, 0.29) is 12.1 Å². The first-order chi connectivity index (χ1) is 5.54. The van der Waals surface area contributed by atoms with E-state index in [0.717, 1.165) is 0 Å². The summed E-state index contributed by atoms with van der Waals surface area (Å²) in [7, 11) is 3.64. The SMILES string of the molecule is C[C@@H](C#N)N([C@@H](C)C#N)N(C)C. The van der Waals surface area contributed by atoms with Gasteiger partial charge in [-0.1, -0.05) is 0 Å². The Labute approximate surface area is 73.6 Å². The van der Waals surface area contributed by atoms with E-state index in [1.165, 1.54) is 0 Å². The number of hydrogen-bond acceptors (Lipinski definition) is 4. The van der Waals surface area contributed by atoms with Gasteiger partial charge in [0.25, 0.3) is 0 Å². The molecule has 0 bridgehead atoms. The van der Waals surface area contributed by atoms with E-state index in [9.17, 15) is 0 Å². The van der Waals surface area contributed by atoms with Crippen molar-refractivity contribution in [2.45, 2.75) is 25.9 Å². The summed E-state index contributed by atoms with van der Waals surface area (Å²) in [5.41, 5.74) is 0. The number of nitrogens with zero attached hydrogens (tertiary/aromatic N) is 4. The topological polar surface area (TPSA) is 54.1 Å². The normalized spacial score (nSPS) is 15.3. The monoisotopic (exact) mass is 166 g/mol. The van der Waals surface area contributed by atoms with Crippen LogP contribution < -0.4 is 0 Å². The Balaban J connectivity index is 4.48. The molecule has 0 saturated carbocycles. The van der Waals surface area contributed by atoms with Crippen molar-refractivity contribution in [3.8, 4) is 12.1 Å². The first kappa shape index (κ1) is 10.9. The van der Waals surface area contributed by atoms with E-state index in [1.54, 1.807) is 23.9 Å². The van der Waals surface area contributed by atoms with Crippen LogP contribution in [0.5, 0.6) is 0 Å². The quantitative estimate of drug-likeness (QED) is 0.576. The van der Waals surface area contributed by atoms with E-state index in [4.69, 9.17) is 10.5 Å². The Morgan fingerprint density at radius 1 is 1.00 bits per heavy atom. The van der Waals surface area contributed by atoms with Gasteiger partial charge in [0.2, 0.25) is 0 Å². The molecule has 0 unspecified atom stereocenters. The second-order valence-corrected chi connectivity index (χ2v) is 2.84. The van der Waals surface area contributed by atoms with Gasteiger partial charge in [-0.05, 0) is 13.8 Å². The molecule has 4 heteroatoms. The second kappa shape index (κ2) is 4.71. The van der Waals surface area contributed by atoms with E-state index < -0.39 is 0 Å². The molecule has 0 amide bonds. The number of rotatable bonds is 3. The molecule has 0 aromatic rings. The van der Waals surface area contributed by atoms with Gasteiger partial charge in [0.1, 0.15) is 12.1 Å². The van der Waals surface area contributed by atoms with Gasteiger partial charge in [0.05, 0.1) is 12.1 Å². The van der Waals surface area contributed by atoms with E-state index in [0.29, 0.717) is 0 Å². The van der Waals surface area contributed by atoms with Crippen LogP contribution in [-0.4, -0.2) is 36.2 Å². The van der Waals surface area contributed by atoms with Crippen LogP contribution in [0.25, 0.3) is 0 Å². The zero-order valence-corrected chi connectivity index (χ0v) is 7.94. The fraction of sp³-hybridized carbons (Fsp3) is 0.750. The maximum atomic E-state index is 8.67. The van der Waals surface area contributed by atoms with Gasteiger partial charge in [0, 0.05) is 14.1 Å². The van der Waals surface area contributed by atoms with Gasteiger partial charge in [-0.25, -0.2) is 10.0 Å². The van der Waals surface area contributed by atoms with Crippen molar-refractivity contribution in [3.05, 3.63) is 0 Å². The van der Waals surface area contributed by atoms with Crippen LogP contribution in [0.4, 0.5) is 0 Å². The Morgan fingerprint density at radius 3 is 1.50 bits per heavy atom. The van der Waals surface area contributed by atoms with Gasteiger partial charge >= 0.3 is 0 Å². The minimum Gasteiger partial charge on any atom is -0.245 e. The van der Waals surface area contributed by atoms with Crippen molar-refractivity contribution >= 4 is 0 Å². The average Bonchev–Trinajstić information content (AvgIpc) is 2.03. The molecule has 0 aliphatic carbocycles. The summed E-state index contributed by atoms with van der Waals surface area (Å²) in [5, 5.41) is 20.8. The van der Waals surface area contributed by atoms with E-state index in [1.807, 2.05) is 14.1 Å². The smallest absolute Gasteiger partial charge is 0.110 e. The van der Waals surface area contributed by atoms with Gasteiger partial charge in [0.15, 0.2) is 0 Å². The van der Waals surface area contributed by atoms with Crippen LogP contribution in [-0.2, 0) is 0 Å². The minimum absolute atomic E-state index is 0.269. The van der Waals surface area contributed by atoms with Crippen LogP contribution >= 0.6 is 0 Å². The van der Waals surface area contributed by atoms with Crippen LogP contribution in [0.1, 0.15) is 13.8 Å². The summed E-state index contributed by atoms with van der Waals surface area (Å²) in [5.74, 6) is 0. The summed E-state index contributed by atoms with van der Waals surface area (Å²) >= 11 is 0. The Bertz CT molecular complexity index is 190. The molecular formula is C8H14N4. The maximum Gasteiger partial charge on any atom is 0.110 e. The molecule has 0 fully saturated rings. The molecule has 0 saturated heterocycles. The lowest BCUT2D eigenvalue weighted by Crippen LogP contribution is -2.47. The van der Waals surface area contributed by atoms with E-state index in [2.05, 4.69) is 12.1 Å². The molecule has 0 heterocycles. The highest BCUT2D eigenvalue weighted by Gasteiger charge is 2.21. The van der Waals surface area contributed by atoms with E-state index >= 15 is 0 Å². The highest BCUT2D eigenvalue weighted by molar-refractivity contribution is 4.95. The predicted molar refractivity (Wildman–Crippen MR) is 45.7 cm³/mol. The van der Waals surface area contributed by atoms with Crippen LogP contribution in [0.3, 0.4) is 0 Å². The molecule has 4 nitrogen and oxygen atoms in total. The summed E-state index contributed by atoms with van der Waals surface area (Å²) in [6.07, 6.45) is 0. The molecule has 0 aliphatic heterocycles. The fourth-order valence-corrected chi connectivity index (χ4v) is 1.15. The first-order valence-corrected chi connectivity index (χ1v) is 3.79. The Kier molecular flexibility index (Phi) is 4.28. The second-order valence-electron chi connectivity index (χ2n) is 2.84. The number of nitriles is 2. The van der Waals surface area contributed by atoms with Gasteiger partial charge in [-0.15, -0.1) is 0 Å². The lowest BCUT2D eigenvalue weighted by atomic mass is 10.3. The molecule has 0 radical (unpaired) electrons. The lowest BCUT2D eigenvalue weighted by molar-refractivity contribution is -0.0105. The van der Waals surface area contributed by atoms with Crippen LogP contribution in [0.2, 0.25) is 0 Å². The largest absolute Gasteiger partial charge is 0.245 e. The predicted octanol–water partition coefficient (Wildman–Crippen LogP) is 0.589. The molecule has 0 aliphatic rings. The van der Waals surface area contributed by atoms with Gasteiger partial charge in [-0.3, -0.25) is 0 Å². The standard InChI is InChI=1S/C8H14N4/c1-7(5-9)12(11(3)4)8(2)6-10/h7-8H,1-4H3/t7-,8-/m0/s1. The molecule has 0 rings (SSSR count).